The van der Waals surface area contributed by atoms with Gasteiger partial charge in [0.2, 0.25) is 0 Å². The van der Waals surface area contributed by atoms with Crippen LogP contribution < -0.4 is 0 Å². The molecule has 1 heterocycles. The first-order chi connectivity index (χ1) is 8.15. The number of nitrogens with zero attached hydrogens (tertiary/aromatic N) is 2. The molecule has 5 heteroatoms. The summed E-state index contributed by atoms with van der Waals surface area (Å²) in [5.74, 6) is -0.199. The van der Waals surface area contributed by atoms with Crippen LogP contribution in [0.1, 0.15) is 16.8 Å². The Morgan fingerprint density at radius 1 is 1.71 bits per heavy atom. The number of thiazole rings is 1. The van der Waals surface area contributed by atoms with Gasteiger partial charge in [-0.15, -0.1) is 17.9 Å². The second-order valence-corrected chi connectivity index (χ2v) is 4.93. The van der Waals surface area contributed by atoms with Crippen molar-refractivity contribution in [2.24, 2.45) is 0 Å². The molecule has 0 spiro atoms. The van der Waals surface area contributed by atoms with Gasteiger partial charge in [-0.25, -0.2) is 4.98 Å². The van der Waals surface area contributed by atoms with E-state index in [4.69, 9.17) is 4.74 Å². The molecule has 0 saturated heterocycles. The molecule has 1 aromatic rings. The largest absolute Gasteiger partial charge is 0.465 e. The van der Waals surface area contributed by atoms with Crippen LogP contribution in [-0.4, -0.2) is 35.5 Å². The number of carbonyl (C=O) groups is 1. The number of carbonyl (C=O) groups excluding carboxylic acids is 1. The standard InChI is InChI=1S/C12H18N2O2S/c1-4-6-14(9-12(15)16-5-2)8-11-7-13-10(3)17-11/h4,7H,1,5-6,8-9H2,2-3H3. The Hall–Kier alpha value is -1.20. The molecule has 0 bridgehead atoms. The lowest BCUT2D eigenvalue weighted by Gasteiger charge is -2.18. The molecule has 0 aliphatic rings. The lowest BCUT2D eigenvalue weighted by atomic mass is 10.4. The van der Waals surface area contributed by atoms with Gasteiger partial charge in [0.15, 0.2) is 0 Å². The first-order valence-corrected chi connectivity index (χ1v) is 6.37. The minimum Gasteiger partial charge on any atom is -0.465 e. The molecule has 0 aliphatic heterocycles. The van der Waals surface area contributed by atoms with E-state index < -0.39 is 0 Å². The Kier molecular flexibility index (Phi) is 5.86. The smallest absolute Gasteiger partial charge is 0.320 e. The molecule has 0 atom stereocenters. The highest BCUT2D eigenvalue weighted by Gasteiger charge is 2.11. The van der Waals surface area contributed by atoms with Crippen molar-refractivity contribution >= 4 is 17.3 Å². The second-order valence-electron chi connectivity index (χ2n) is 3.61. The van der Waals surface area contributed by atoms with Crippen molar-refractivity contribution in [2.75, 3.05) is 19.7 Å². The molecular weight excluding hydrogens is 236 g/mol. The summed E-state index contributed by atoms with van der Waals surface area (Å²) in [4.78, 5) is 18.7. The van der Waals surface area contributed by atoms with Gasteiger partial charge in [-0.05, 0) is 13.8 Å². The van der Waals surface area contributed by atoms with Crippen molar-refractivity contribution in [2.45, 2.75) is 20.4 Å². The molecule has 94 valence electrons. The predicted octanol–water partition coefficient (Wildman–Crippen LogP) is 2.00. The normalized spacial score (nSPS) is 10.5. The minimum absolute atomic E-state index is 0.199. The minimum atomic E-state index is -0.199. The van der Waals surface area contributed by atoms with E-state index in [1.54, 1.807) is 17.4 Å². The van der Waals surface area contributed by atoms with E-state index in [2.05, 4.69) is 11.6 Å². The first kappa shape index (κ1) is 13.9. The maximum Gasteiger partial charge on any atom is 0.320 e. The molecule has 17 heavy (non-hydrogen) atoms. The maximum absolute atomic E-state index is 11.4. The van der Waals surface area contributed by atoms with Crippen LogP contribution in [0.2, 0.25) is 0 Å². The molecule has 0 aliphatic carbocycles. The molecular formula is C12H18N2O2S. The highest BCUT2D eigenvalue weighted by Crippen LogP contribution is 2.14. The summed E-state index contributed by atoms with van der Waals surface area (Å²) in [6.45, 7) is 9.54. The van der Waals surface area contributed by atoms with Crippen LogP contribution in [0.15, 0.2) is 18.9 Å². The Bertz CT molecular complexity index is 376. The zero-order valence-corrected chi connectivity index (χ0v) is 11.1. The van der Waals surface area contributed by atoms with Crippen LogP contribution in [0, 0.1) is 6.92 Å². The molecule has 4 nitrogen and oxygen atoms in total. The van der Waals surface area contributed by atoms with E-state index in [0.29, 0.717) is 19.7 Å². The highest BCUT2D eigenvalue weighted by molar-refractivity contribution is 7.11. The topological polar surface area (TPSA) is 42.4 Å². The zero-order valence-electron chi connectivity index (χ0n) is 10.3. The van der Waals surface area contributed by atoms with Crippen molar-refractivity contribution in [3.8, 4) is 0 Å². The van der Waals surface area contributed by atoms with E-state index in [1.807, 2.05) is 24.9 Å². The van der Waals surface area contributed by atoms with Crippen molar-refractivity contribution in [3.63, 3.8) is 0 Å². The van der Waals surface area contributed by atoms with Crippen LogP contribution in [-0.2, 0) is 16.1 Å². The van der Waals surface area contributed by atoms with Crippen LogP contribution >= 0.6 is 11.3 Å². The lowest BCUT2D eigenvalue weighted by molar-refractivity contribution is -0.144. The van der Waals surface area contributed by atoms with Gasteiger partial charge in [-0.1, -0.05) is 6.08 Å². The SMILES string of the molecule is C=CCN(CC(=O)OCC)Cc1cnc(C)s1. The average Bonchev–Trinajstić information content (AvgIpc) is 2.64. The average molecular weight is 254 g/mol. The van der Waals surface area contributed by atoms with Crippen molar-refractivity contribution in [1.82, 2.24) is 9.88 Å². The molecule has 0 fully saturated rings. The second kappa shape index (κ2) is 7.19. The number of hydrogen-bond acceptors (Lipinski definition) is 5. The van der Waals surface area contributed by atoms with Gasteiger partial charge in [0.25, 0.3) is 0 Å². The van der Waals surface area contributed by atoms with Gasteiger partial charge >= 0.3 is 5.97 Å². The fraction of sp³-hybridized carbons (Fsp3) is 0.500. The molecule has 0 saturated carbocycles. The summed E-state index contributed by atoms with van der Waals surface area (Å²) in [5, 5.41) is 1.04. The van der Waals surface area contributed by atoms with Gasteiger partial charge in [-0.3, -0.25) is 9.69 Å². The first-order valence-electron chi connectivity index (χ1n) is 5.56. The van der Waals surface area contributed by atoms with Crippen LogP contribution in [0.5, 0.6) is 0 Å². The predicted molar refractivity (Wildman–Crippen MR) is 69.0 cm³/mol. The molecule has 0 N–H and O–H groups in total. The molecule has 0 unspecified atom stereocenters. The summed E-state index contributed by atoms with van der Waals surface area (Å²) in [7, 11) is 0. The third-order valence-corrected chi connectivity index (χ3v) is 2.99. The Labute approximate surface area is 106 Å². The Morgan fingerprint density at radius 3 is 3.00 bits per heavy atom. The number of rotatable bonds is 7. The fourth-order valence-electron chi connectivity index (χ4n) is 1.46. The summed E-state index contributed by atoms with van der Waals surface area (Å²) in [6.07, 6.45) is 3.63. The number of hydrogen-bond donors (Lipinski definition) is 0. The van der Waals surface area contributed by atoms with Gasteiger partial charge in [0.1, 0.15) is 0 Å². The monoisotopic (exact) mass is 254 g/mol. The van der Waals surface area contributed by atoms with Crippen molar-refractivity contribution < 1.29 is 9.53 Å². The lowest BCUT2D eigenvalue weighted by Crippen LogP contribution is -2.30. The van der Waals surface area contributed by atoms with Gasteiger partial charge in [0, 0.05) is 24.2 Å². The highest BCUT2D eigenvalue weighted by atomic mass is 32.1. The van der Waals surface area contributed by atoms with E-state index in [9.17, 15) is 4.79 Å². The maximum atomic E-state index is 11.4. The van der Waals surface area contributed by atoms with Crippen LogP contribution in [0.3, 0.4) is 0 Å². The van der Waals surface area contributed by atoms with Crippen LogP contribution in [0.25, 0.3) is 0 Å². The third kappa shape index (κ3) is 5.10. The summed E-state index contributed by atoms with van der Waals surface area (Å²) in [6, 6.07) is 0. The molecule has 0 amide bonds. The molecule has 0 radical (unpaired) electrons. The number of aromatic nitrogens is 1. The van der Waals surface area contributed by atoms with E-state index >= 15 is 0 Å². The van der Waals surface area contributed by atoms with Gasteiger partial charge in [0.05, 0.1) is 18.2 Å². The molecule has 1 aromatic heterocycles. The van der Waals surface area contributed by atoms with Crippen molar-refractivity contribution in [1.29, 1.82) is 0 Å². The van der Waals surface area contributed by atoms with Gasteiger partial charge < -0.3 is 4.74 Å². The zero-order chi connectivity index (χ0) is 12.7. The number of aryl methyl sites for hydroxylation is 1. The van der Waals surface area contributed by atoms with Gasteiger partial charge in [-0.2, -0.15) is 0 Å². The van der Waals surface area contributed by atoms with Crippen molar-refractivity contribution in [3.05, 3.63) is 28.7 Å². The summed E-state index contributed by atoms with van der Waals surface area (Å²) < 4.78 is 4.93. The Balaban J connectivity index is 2.53. The summed E-state index contributed by atoms with van der Waals surface area (Å²) >= 11 is 1.64. The molecule has 0 aromatic carbocycles. The van der Waals surface area contributed by atoms with Crippen LogP contribution in [0.4, 0.5) is 0 Å². The van der Waals surface area contributed by atoms with E-state index in [-0.39, 0.29) is 12.5 Å². The molecule has 1 rings (SSSR count). The quantitative estimate of drug-likeness (QED) is 0.551. The summed E-state index contributed by atoms with van der Waals surface area (Å²) in [5.41, 5.74) is 0. The Morgan fingerprint density at radius 2 is 2.47 bits per heavy atom. The van der Waals surface area contributed by atoms with E-state index in [0.717, 1.165) is 9.88 Å². The number of esters is 1. The fourth-order valence-corrected chi connectivity index (χ4v) is 2.29. The third-order valence-electron chi connectivity index (χ3n) is 2.09. The van der Waals surface area contributed by atoms with E-state index in [1.165, 1.54) is 0 Å². The number of ether oxygens (including phenoxy) is 1.